The standard InChI is InChI=1S/C32H39N3O2/c1-24-13-11-15-27(23-24)32(36)33-20-8-4-5-19-31-34-28-16-6-7-17-29(28)35(31)21-9-10-22-37-30-18-12-14-25(2)26(30)3/h6-7,11-18,23H,4-5,8-10,19-22H2,1-3H3,(H,33,36). The largest absolute Gasteiger partial charge is 0.493 e. The molecule has 0 saturated heterocycles. The van der Waals surface area contributed by atoms with Gasteiger partial charge in [-0.3, -0.25) is 4.79 Å². The van der Waals surface area contributed by atoms with E-state index in [9.17, 15) is 4.79 Å². The molecule has 0 atom stereocenters. The van der Waals surface area contributed by atoms with Crippen molar-refractivity contribution in [3.8, 4) is 5.75 Å². The smallest absolute Gasteiger partial charge is 0.251 e. The summed E-state index contributed by atoms with van der Waals surface area (Å²) in [4.78, 5) is 17.3. The summed E-state index contributed by atoms with van der Waals surface area (Å²) < 4.78 is 8.43. The number of para-hydroxylation sites is 2. The van der Waals surface area contributed by atoms with Crippen LogP contribution in [-0.4, -0.2) is 28.6 Å². The lowest BCUT2D eigenvalue weighted by atomic mass is 10.1. The van der Waals surface area contributed by atoms with Crippen LogP contribution in [0.4, 0.5) is 0 Å². The Labute approximate surface area is 220 Å². The number of imidazole rings is 1. The lowest BCUT2D eigenvalue weighted by Crippen LogP contribution is -2.24. The van der Waals surface area contributed by atoms with Crippen LogP contribution >= 0.6 is 0 Å². The maximum atomic E-state index is 12.3. The first-order valence-electron chi connectivity index (χ1n) is 13.5. The Morgan fingerprint density at radius 1 is 0.892 bits per heavy atom. The van der Waals surface area contributed by atoms with E-state index in [1.807, 2.05) is 31.2 Å². The molecule has 0 fully saturated rings. The molecule has 5 heteroatoms. The number of carbonyl (C=O) groups is 1. The second-order valence-corrected chi connectivity index (χ2v) is 9.86. The van der Waals surface area contributed by atoms with Crippen molar-refractivity contribution in [1.29, 1.82) is 0 Å². The monoisotopic (exact) mass is 497 g/mol. The van der Waals surface area contributed by atoms with E-state index in [4.69, 9.17) is 9.72 Å². The lowest BCUT2D eigenvalue weighted by Gasteiger charge is -2.12. The van der Waals surface area contributed by atoms with E-state index in [0.29, 0.717) is 6.54 Å². The van der Waals surface area contributed by atoms with Gasteiger partial charge in [0.2, 0.25) is 0 Å². The molecule has 0 aliphatic heterocycles. The summed E-state index contributed by atoms with van der Waals surface area (Å²) in [5.41, 5.74) is 6.59. The van der Waals surface area contributed by atoms with E-state index in [2.05, 4.69) is 66.2 Å². The Bertz CT molecular complexity index is 1320. The molecule has 0 unspecified atom stereocenters. The quantitative estimate of drug-likeness (QED) is 0.203. The number of nitrogens with one attached hydrogen (secondary N) is 1. The summed E-state index contributed by atoms with van der Waals surface area (Å²) >= 11 is 0. The zero-order chi connectivity index (χ0) is 26.0. The number of hydrogen-bond donors (Lipinski definition) is 1. The Balaban J connectivity index is 1.23. The van der Waals surface area contributed by atoms with Gasteiger partial charge in [0.05, 0.1) is 17.6 Å². The van der Waals surface area contributed by atoms with Gasteiger partial charge in [-0.2, -0.15) is 0 Å². The van der Waals surface area contributed by atoms with Crippen LogP contribution in [0.25, 0.3) is 11.0 Å². The Morgan fingerprint density at radius 2 is 1.73 bits per heavy atom. The van der Waals surface area contributed by atoms with Gasteiger partial charge >= 0.3 is 0 Å². The Kier molecular flexibility index (Phi) is 9.36. The molecule has 3 aromatic carbocycles. The highest BCUT2D eigenvalue weighted by Gasteiger charge is 2.11. The topological polar surface area (TPSA) is 56.2 Å². The number of benzene rings is 3. The van der Waals surface area contributed by atoms with Gasteiger partial charge in [-0.15, -0.1) is 0 Å². The van der Waals surface area contributed by atoms with Crippen LogP contribution in [0.2, 0.25) is 0 Å². The van der Waals surface area contributed by atoms with Crippen LogP contribution in [-0.2, 0) is 13.0 Å². The summed E-state index contributed by atoms with van der Waals surface area (Å²) in [7, 11) is 0. The minimum Gasteiger partial charge on any atom is -0.493 e. The third kappa shape index (κ3) is 7.22. The zero-order valence-electron chi connectivity index (χ0n) is 22.4. The fraction of sp³-hybridized carbons (Fsp3) is 0.375. The average Bonchev–Trinajstić information content (AvgIpc) is 3.25. The van der Waals surface area contributed by atoms with Gasteiger partial charge in [-0.05, 0) is 87.9 Å². The number of nitrogens with zero attached hydrogens (tertiary/aromatic N) is 2. The Morgan fingerprint density at radius 3 is 2.59 bits per heavy atom. The third-order valence-electron chi connectivity index (χ3n) is 6.97. The molecular weight excluding hydrogens is 458 g/mol. The molecule has 37 heavy (non-hydrogen) atoms. The average molecular weight is 498 g/mol. The van der Waals surface area contributed by atoms with Crippen LogP contribution in [0.5, 0.6) is 5.75 Å². The van der Waals surface area contributed by atoms with Gasteiger partial charge in [0.25, 0.3) is 5.91 Å². The lowest BCUT2D eigenvalue weighted by molar-refractivity contribution is 0.0953. The molecule has 1 heterocycles. The predicted molar refractivity (Wildman–Crippen MR) is 151 cm³/mol. The fourth-order valence-electron chi connectivity index (χ4n) is 4.68. The van der Waals surface area contributed by atoms with E-state index in [-0.39, 0.29) is 5.91 Å². The van der Waals surface area contributed by atoms with E-state index in [0.717, 1.165) is 79.9 Å². The van der Waals surface area contributed by atoms with Crippen molar-refractivity contribution >= 4 is 16.9 Å². The summed E-state index contributed by atoms with van der Waals surface area (Å²) in [6.45, 7) is 8.61. The van der Waals surface area contributed by atoms with Crippen molar-refractivity contribution in [1.82, 2.24) is 14.9 Å². The highest BCUT2D eigenvalue weighted by atomic mass is 16.5. The van der Waals surface area contributed by atoms with E-state index >= 15 is 0 Å². The minimum absolute atomic E-state index is 0.00651. The molecule has 0 radical (unpaired) electrons. The number of ether oxygens (including phenoxy) is 1. The highest BCUT2D eigenvalue weighted by molar-refractivity contribution is 5.94. The molecule has 0 aliphatic rings. The normalized spacial score (nSPS) is 11.1. The van der Waals surface area contributed by atoms with Gasteiger partial charge < -0.3 is 14.6 Å². The van der Waals surface area contributed by atoms with Crippen LogP contribution in [0.15, 0.2) is 66.7 Å². The molecule has 0 bridgehead atoms. The summed E-state index contributed by atoms with van der Waals surface area (Å²) in [5, 5.41) is 3.04. The third-order valence-corrected chi connectivity index (χ3v) is 6.97. The van der Waals surface area contributed by atoms with Crippen molar-refractivity contribution in [2.45, 2.75) is 65.8 Å². The van der Waals surface area contributed by atoms with Crippen molar-refractivity contribution in [3.63, 3.8) is 0 Å². The number of fused-ring (bicyclic) bond motifs is 1. The molecule has 1 aromatic heterocycles. The summed E-state index contributed by atoms with van der Waals surface area (Å²) in [6, 6.07) is 22.4. The fourth-order valence-corrected chi connectivity index (χ4v) is 4.68. The second-order valence-electron chi connectivity index (χ2n) is 9.86. The molecule has 1 amide bonds. The molecule has 5 nitrogen and oxygen atoms in total. The molecule has 194 valence electrons. The first kappa shape index (κ1) is 26.5. The van der Waals surface area contributed by atoms with Gasteiger partial charge in [0, 0.05) is 25.1 Å². The SMILES string of the molecule is Cc1cccc(C(=O)NCCCCCc2nc3ccccc3n2CCCCOc2cccc(C)c2C)c1. The molecule has 0 spiro atoms. The molecule has 0 aliphatic carbocycles. The van der Waals surface area contributed by atoms with Crippen LogP contribution in [0, 0.1) is 20.8 Å². The number of amides is 1. The van der Waals surface area contributed by atoms with Crippen LogP contribution < -0.4 is 10.1 Å². The van der Waals surface area contributed by atoms with Gasteiger partial charge in [0.15, 0.2) is 0 Å². The van der Waals surface area contributed by atoms with Gasteiger partial charge in [-0.1, -0.05) is 48.4 Å². The van der Waals surface area contributed by atoms with Crippen molar-refractivity contribution in [3.05, 3.63) is 94.8 Å². The Hall–Kier alpha value is -3.60. The summed E-state index contributed by atoms with van der Waals surface area (Å²) in [6.07, 6.45) is 6.07. The number of carbonyl (C=O) groups excluding carboxylic acids is 1. The zero-order valence-corrected chi connectivity index (χ0v) is 22.4. The first-order valence-corrected chi connectivity index (χ1v) is 13.5. The second kappa shape index (κ2) is 13.1. The molecular formula is C32H39N3O2. The van der Waals surface area contributed by atoms with Crippen LogP contribution in [0.1, 0.15) is 65.0 Å². The van der Waals surface area contributed by atoms with Crippen LogP contribution in [0.3, 0.4) is 0 Å². The molecule has 1 N–H and O–H groups in total. The maximum Gasteiger partial charge on any atom is 0.251 e. The number of unbranched alkanes of at least 4 members (excludes halogenated alkanes) is 3. The minimum atomic E-state index is 0.00651. The number of aromatic nitrogens is 2. The van der Waals surface area contributed by atoms with Crippen molar-refractivity contribution < 1.29 is 9.53 Å². The van der Waals surface area contributed by atoms with Crippen molar-refractivity contribution in [2.24, 2.45) is 0 Å². The molecule has 4 rings (SSSR count). The first-order chi connectivity index (χ1) is 18.0. The van der Waals surface area contributed by atoms with E-state index < -0.39 is 0 Å². The number of rotatable bonds is 13. The number of aryl methyl sites for hydroxylation is 4. The number of hydrogen-bond acceptors (Lipinski definition) is 3. The van der Waals surface area contributed by atoms with E-state index in [1.54, 1.807) is 0 Å². The van der Waals surface area contributed by atoms with Crippen molar-refractivity contribution in [2.75, 3.05) is 13.2 Å². The molecule has 4 aromatic rings. The highest BCUT2D eigenvalue weighted by Crippen LogP contribution is 2.22. The van der Waals surface area contributed by atoms with E-state index in [1.165, 1.54) is 16.6 Å². The predicted octanol–water partition coefficient (Wildman–Crippen LogP) is 6.96. The van der Waals surface area contributed by atoms with Gasteiger partial charge in [-0.25, -0.2) is 4.98 Å². The summed E-state index contributed by atoms with van der Waals surface area (Å²) in [5.74, 6) is 2.15. The molecule has 0 saturated carbocycles. The maximum absolute atomic E-state index is 12.3. The van der Waals surface area contributed by atoms with Gasteiger partial charge in [0.1, 0.15) is 11.6 Å².